The average molecular weight is 459 g/mol. The Bertz CT molecular complexity index is 1070. The van der Waals surface area contributed by atoms with E-state index in [0.717, 1.165) is 18.4 Å². The first-order valence-corrected chi connectivity index (χ1v) is 11.8. The molecule has 1 heterocycles. The van der Waals surface area contributed by atoms with Gasteiger partial charge in [-0.15, -0.1) is 0 Å². The minimum absolute atomic E-state index is 0.0132. The van der Waals surface area contributed by atoms with E-state index in [2.05, 4.69) is 5.32 Å². The molecule has 0 bridgehead atoms. The van der Waals surface area contributed by atoms with Gasteiger partial charge in [0.1, 0.15) is 0 Å². The molecule has 0 saturated heterocycles. The van der Waals surface area contributed by atoms with Gasteiger partial charge >= 0.3 is 0 Å². The molecule has 0 aromatic heterocycles. The highest BCUT2D eigenvalue weighted by atomic mass is 32.2. The number of hydrogen-bond acceptors (Lipinski definition) is 5. The van der Waals surface area contributed by atoms with Gasteiger partial charge in [0.05, 0.1) is 36.8 Å². The van der Waals surface area contributed by atoms with Crippen LogP contribution in [0.2, 0.25) is 0 Å². The van der Waals surface area contributed by atoms with Crippen molar-refractivity contribution in [2.45, 2.75) is 32.4 Å². The van der Waals surface area contributed by atoms with Gasteiger partial charge in [-0.1, -0.05) is 18.2 Å². The number of fused-ring (bicyclic) bond motifs is 1. The second-order valence-electron chi connectivity index (χ2n) is 7.88. The summed E-state index contributed by atoms with van der Waals surface area (Å²) in [5, 5.41) is 2.88. The lowest BCUT2D eigenvalue weighted by molar-refractivity contribution is -0.117. The summed E-state index contributed by atoms with van der Waals surface area (Å²) in [6.07, 6.45) is 1.73. The fraction of sp³-hybridized carbons (Fsp3) is 0.391. The highest BCUT2D eigenvalue weighted by Gasteiger charge is 2.37. The Balaban J connectivity index is 1.67. The number of ether oxygens (including phenoxy) is 2. The van der Waals surface area contributed by atoms with Crippen LogP contribution < -0.4 is 14.8 Å². The quantitative estimate of drug-likeness (QED) is 0.559. The van der Waals surface area contributed by atoms with Gasteiger partial charge in [0.2, 0.25) is 5.91 Å². The summed E-state index contributed by atoms with van der Waals surface area (Å²) >= 11 is -2.14. The Labute approximate surface area is 189 Å². The molecule has 8 nitrogen and oxygen atoms in total. The number of benzene rings is 2. The Hall–Kier alpha value is -2.91. The van der Waals surface area contributed by atoms with E-state index in [-0.39, 0.29) is 30.0 Å². The van der Waals surface area contributed by atoms with Crippen molar-refractivity contribution in [2.24, 2.45) is 5.92 Å². The number of nitrogens with one attached hydrogen (secondary N) is 1. The van der Waals surface area contributed by atoms with E-state index in [1.54, 1.807) is 35.2 Å². The summed E-state index contributed by atoms with van der Waals surface area (Å²) in [5.74, 6) is 0.550. The lowest BCUT2D eigenvalue weighted by Crippen LogP contribution is -2.33. The minimum Gasteiger partial charge on any atom is -0.493 e. The van der Waals surface area contributed by atoms with Crippen LogP contribution in [0.25, 0.3) is 0 Å². The lowest BCUT2D eigenvalue weighted by atomic mass is 10.1. The topological polar surface area (TPSA) is 105 Å². The Morgan fingerprint density at radius 2 is 2.06 bits per heavy atom. The number of nitrogens with zero attached hydrogens (tertiary/aromatic N) is 1. The van der Waals surface area contributed by atoms with E-state index in [9.17, 15) is 18.4 Å². The molecule has 2 amide bonds. The predicted molar refractivity (Wildman–Crippen MR) is 120 cm³/mol. The summed E-state index contributed by atoms with van der Waals surface area (Å²) in [6, 6.07) is 9.95. The van der Waals surface area contributed by atoms with Crippen LogP contribution in [0.3, 0.4) is 0 Å². The van der Waals surface area contributed by atoms with Crippen LogP contribution >= 0.6 is 0 Å². The van der Waals surface area contributed by atoms with Gasteiger partial charge < -0.3 is 24.2 Å². The van der Waals surface area contributed by atoms with Crippen LogP contribution in [0.15, 0.2) is 36.4 Å². The molecule has 1 fully saturated rings. The molecule has 2 aliphatic rings. The first kappa shape index (κ1) is 22.3. The molecular weight excluding hydrogens is 432 g/mol. The SMILES string of the molecule is CCOc1cc(C(CS(=O)O)N2Cc3cccc(NC(=O)C4CC4)c3C2=O)ccc1OC. The third-order valence-electron chi connectivity index (χ3n) is 5.72. The van der Waals surface area contributed by atoms with E-state index in [1.807, 2.05) is 13.0 Å². The summed E-state index contributed by atoms with van der Waals surface area (Å²) in [7, 11) is 1.54. The van der Waals surface area contributed by atoms with Crippen molar-refractivity contribution < 1.29 is 27.8 Å². The molecule has 4 rings (SSSR count). The molecule has 2 N–H and O–H groups in total. The van der Waals surface area contributed by atoms with E-state index < -0.39 is 17.1 Å². The third-order valence-corrected chi connectivity index (χ3v) is 6.32. The van der Waals surface area contributed by atoms with Crippen LogP contribution in [0, 0.1) is 5.92 Å². The molecule has 32 heavy (non-hydrogen) atoms. The molecule has 170 valence electrons. The first-order valence-electron chi connectivity index (χ1n) is 10.5. The summed E-state index contributed by atoms with van der Waals surface area (Å²) in [4.78, 5) is 27.3. The van der Waals surface area contributed by atoms with E-state index in [1.165, 1.54) is 7.11 Å². The van der Waals surface area contributed by atoms with Crippen molar-refractivity contribution in [3.8, 4) is 11.5 Å². The van der Waals surface area contributed by atoms with Gasteiger partial charge in [-0.3, -0.25) is 9.59 Å². The molecule has 2 unspecified atom stereocenters. The summed E-state index contributed by atoms with van der Waals surface area (Å²) < 4.78 is 32.5. The Morgan fingerprint density at radius 1 is 1.28 bits per heavy atom. The maximum atomic E-state index is 13.5. The Morgan fingerprint density at radius 3 is 2.72 bits per heavy atom. The highest BCUT2D eigenvalue weighted by Crippen LogP contribution is 2.39. The van der Waals surface area contributed by atoms with Gasteiger partial charge in [0.15, 0.2) is 22.6 Å². The van der Waals surface area contributed by atoms with Crippen molar-refractivity contribution in [1.29, 1.82) is 0 Å². The molecule has 1 saturated carbocycles. The van der Waals surface area contributed by atoms with Crippen molar-refractivity contribution in [3.05, 3.63) is 53.1 Å². The first-order chi connectivity index (χ1) is 15.4. The van der Waals surface area contributed by atoms with Crippen molar-refractivity contribution in [1.82, 2.24) is 4.90 Å². The van der Waals surface area contributed by atoms with Crippen LogP contribution in [-0.2, 0) is 22.4 Å². The maximum Gasteiger partial charge on any atom is 0.257 e. The number of anilines is 1. The minimum atomic E-state index is -2.14. The molecule has 2 atom stereocenters. The average Bonchev–Trinajstić information content (AvgIpc) is 3.56. The molecule has 1 aliphatic heterocycles. The summed E-state index contributed by atoms with van der Waals surface area (Å²) in [5.41, 5.74) is 2.37. The molecule has 1 aliphatic carbocycles. The third kappa shape index (κ3) is 4.49. The zero-order valence-electron chi connectivity index (χ0n) is 18.0. The number of hydrogen-bond donors (Lipinski definition) is 2. The molecule has 9 heteroatoms. The molecular formula is C23H26N2O6S. The second kappa shape index (κ2) is 9.30. The van der Waals surface area contributed by atoms with Gasteiger partial charge in [-0.25, -0.2) is 4.21 Å². The van der Waals surface area contributed by atoms with Crippen LogP contribution in [0.5, 0.6) is 11.5 Å². The number of carbonyl (C=O) groups excluding carboxylic acids is 2. The van der Waals surface area contributed by atoms with Gasteiger partial charge in [-0.2, -0.15) is 0 Å². The van der Waals surface area contributed by atoms with E-state index in [0.29, 0.717) is 34.9 Å². The lowest BCUT2D eigenvalue weighted by Gasteiger charge is -2.28. The van der Waals surface area contributed by atoms with Crippen LogP contribution in [-0.4, -0.2) is 44.9 Å². The fourth-order valence-electron chi connectivity index (χ4n) is 3.99. The zero-order valence-corrected chi connectivity index (χ0v) is 18.8. The fourth-order valence-corrected chi connectivity index (χ4v) is 4.63. The van der Waals surface area contributed by atoms with Gasteiger partial charge in [0, 0.05) is 12.5 Å². The van der Waals surface area contributed by atoms with Crippen molar-refractivity contribution >= 4 is 28.6 Å². The number of amides is 2. The monoisotopic (exact) mass is 458 g/mol. The van der Waals surface area contributed by atoms with Crippen molar-refractivity contribution in [3.63, 3.8) is 0 Å². The highest BCUT2D eigenvalue weighted by molar-refractivity contribution is 7.79. The molecule has 0 radical (unpaired) electrons. The number of carbonyl (C=O) groups is 2. The number of rotatable bonds is 9. The van der Waals surface area contributed by atoms with E-state index in [4.69, 9.17) is 9.47 Å². The number of methoxy groups -OCH3 is 1. The normalized spacial score (nSPS) is 17.0. The van der Waals surface area contributed by atoms with Crippen molar-refractivity contribution in [2.75, 3.05) is 24.8 Å². The van der Waals surface area contributed by atoms with Crippen LogP contribution in [0.1, 0.15) is 47.3 Å². The molecule has 2 aromatic rings. The maximum absolute atomic E-state index is 13.5. The largest absolute Gasteiger partial charge is 0.493 e. The van der Waals surface area contributed by atoms with E-state index >= 15 is 0 Å². The standard InChI is InChI=1S/C23H26N2O6S/c1-3-31-20-11-15(9-10-19(20)30-2)18(13-32(28)29)25-12-16-5-4-6-17(21(16)23(25)27)24-22(26)14-7-8-14/h4-6,9-11,14,18H,3,7-8,12-13H2,1-2H3,(H,24,26)(H,28,29). The second-order valence-corrected chi connectivity index (χ2v) is 8.86. The van der Waals surface area contributed by atoms with Gasteiger partial charge in [0.25, 0.3) is 5.91 Å². The predicted octanol–water partition coefficient (Wildman–Crippen LogP) is 3.36. The van der Waals surface area contributed by atoms with Gasteiger partial charge in [-0.05, 0) is 49.1 Å². The van der Waals surface area contributed by atoms with Crippen LogP contribution in [0.4, 0.5) is 5.69 Å². The molecule has 0 spiro atoms. The molecule has 2 aromatic carbocycles. The zero-order chi connectivity index (χ0) is 22.8. The summed E-state index contributed by atoms with van der Waals surface area (Å²) in [6.45, 7) is 2.55. The smallest absolute Gasteiger partial charge is 0.257 e. The Kier molecular flexibility index (Phi) is 6.48.